The summed E-state index contributed by atoms with van der Waals surface area (Å²) < 4.78 is 40.4. The number of hydrogen-bond acceptors (Lipinski definition) is 3. The molecule has 1 aliphatic heterocycles. The second-order valence-corrected chi connectivity index (χ2v) is 9.47. The number of carbonyl (C=O) groups excluding carboxylic acids is 1. The van der Waals surface area contributed by atoms with Gasteiger partial charge in [-0.15, -0.1) is 0 Å². The van der Waals surface area contributed by atoms with E-state index in [0.29, 0.717) is 6.54 Å². The van der Waals surface area contributed by atoms with Gasteiger partial charge in [0.05, 0.1) is 10.8 Å². The monoisotopic (exact) mass is 368 g/mol. The fourth-order valence-corrected chi connectivity index (χ4v) is 5.74. The first-order chi connectivity index (χ1) is 11.7. The van der Waals surface area contributed by atoms with Crippen LogP contribution >= 0.6 is 0 Å². The van der Waals surface area contributed by atoms with Gasteiger partial charge in [0.2, 0.25) is 15.9 Å². The molecule has 1 aromatic carbocycles. The number of halogens is 1. The van der Waals surface area contributed by atoms with Gasteiger partial charge in [-0.05, 0) is 56.4 Å². The summed E-state index contributed by atoms with van der Waals surface area (Å²) >= 11 is 0. The molecule has 1 heterocycles. The summed E-state index contributed by atoms with van der Waals surface area (Å²) in [5.74, 6) is -0.858. The average Bonchev–Trinajstić information content (AvgIpc) is 3.15. The van der Waals surface area contributed by atoms with Crippen molar-refractivity contribution >= 4 is 15.9 Å². The topological polar surface area (TPSA) is 66.5 Å². The van der Waals surface area contributed by atoms with Gasteiger partial charge in [0, 0.05) is 19.1 Å². The van der Waals surface area contributed by atoms with Crippen LogP contribution in [0.25, 0.3) is 0 Å². The number of amides is 1. The summed E-state index contributed by atoms with van der Waals surface area (Å²) in [6.45, 7) is 4.36. The van der Waals surface area contributed by atoms with E-state index in [9.17, 15) is 17.6 Å². The molecule has 1 amide bonds. The Kier molecular flexibility index (Phi) is 4.90. The maximum Gasteiger partial charge on any atom is 0.243 e. The lowest BCUT2D eigenvalue weighted by atomic mass is 9.76. The molecule has 1 unspecified atom stereocenters. The molecule has 0 aromatic heterocycles. The lowest BCUT2D eigenvalue weighted by Gasteiger charge is -2.29. The highest BCUT2D eigenvalue weighted by Crippen LogP contribution is 2.50. The van der Waals surface area contributed by atoms with E-state index in [-0.39, 0.29) is 34.7 Å². The van der Waals surface area contributed by atoms with E-state index in [1.54, 1.807) is 0 Å². The summed E-state index contributed by atoms with van der Waals surface area (Å²) in [6.07, 6.45) is 3.79. The molecule has 1 spiro atoms. The van der Waals surface area contributed by atoms with Gasteiger partial charge in [-0.3, -0.25) is 4.79 Å². The van der Waals surface area contributed by atoms with Gasteiger partial charge in [0.15, 0.2) is 0 Å². The molecule has 1 atom stereocenters. The van der Waals surface area contributed by atoms with Crippen LogP contribution in [0.3, 0.4) is 0 Å². The van der Waals surface area contributed by atoms with Crippen molar-refractivity contribution in [2.45, 2.75) is 50.5 Å². The summed E-state index contributed by atoms with van der Waals surface area (Å²) in [6, 6.07) is 4.89. The van der Waals surface area contributed by atoms with Crippen molar-refractivity contribution in [2.24, 2.45) is 11.3 Å². The van der Waals surface area contributed by atoms with Gasteiger partial charge in [0.1, 0.15) is 5.82 Å². The standard InChI is InChI=1S/C18H25FN2O3S/c1-13(2)20-17(22)16-11-21(12-18(16)9-3-4-10-18)25(23,24)15-7-5-14(19)6-8-15/h5-8,13,16H,3-4,9-12H2,1-2H3,(H,20,22). The highest BCUT2D eigenvalue weighted by Gasteiger charge is 2.53. The summed E-state index contributed by atoms with van der Waals surface area (Å²) in [5.41, 5.74) is -0.272. The number of nitrogens with zero attached hydrogens (tertiary/aromatic N) is 1. The van der Waals surface area contributed by atoms with Crippen LogP contribution in [0, 0.1) is 17.2 Å². The largest absolute Gasteiger partial charge is 0.354 e. The number of carbonyl (C=O) groups is 1. The second kappa shape index (κ2) is 6.68. The van der Waals surface area contributed by atoms with E-state index < -0.39 is 15.8 Å². The van der Waals surface area contributed by atoms with Crippen molar-refractivity contribution in [3.8, 4) is 0 Å². The zero-order chi connectivity index (χ0) is 18.2. The molecule has 7 heteroatoms. The Balaban J connectivity index is 1.89. The van der Waals surface area contributed by atoms with E-state index >= 15 is 0 Å². The van der Waals surface area contributed by atoms with E-state index in [1.807, 2.05) is 13.8 Å². The first kappa shape index (κ1) is 18.3. The van der Waals surface area contributed by atoms with Crippen molar-refractivity contribution in [2.75, 3.05) is 13.1 Å². The quantitative estimate of drug-likeness (QED) is 0.888. The molecule has 1 aromatic rings. The van der Waals surface area contributed by atoms with Crippen LogP contribution in [-0.2, 0) is 14.8 Å². The number of nitrogens with one attached hydrogen (secondary N) is 1. The molecular weight excluding hydrogens is 343 g/mol. The molecule has 1 N–H and O–H groups in total. The van der Waals surface area contributed by atoms with Gasteiger partial charge >= 0.3 is 0 Å². The van der Waals surface area contributed by atoms with Crippen LogP contribution in [-0.4, -0.2) is 37.8 Å². The first-order valence-electron chi connectivity index (χ1n) is 8.81. The molecule has 1 aliphatic carbocycles. The molecule has 25 heavy (non-hydrogen) atoms. The van der Waals surface area contributed by atoms with Gasteiger partial charge < -0.3 is 5.32 Å². The Morgan fingerprint density at radius 2 is 1.84 bits per heavy atom. The highest BCUT2D eigenvalue weighted by atomic mass is 32.2. The van der Waals surface area contributed by atoms with Crippen molar-refractivity contribution in [3.05, 3.63) is 30.1 Å². The third-order valence-electron chi connectivity index (χ3n) is 5.41. The Hall–Kier alpha value is -1.47. The fraction of sp³-hybridized carbons (Fsp3) is 0.611. The van der Waals surface area contributed by atoms with E-state index in [0.717, 1.165) is 37.8 Å². The van der Waals surface area contributed by atoms with Crippen molar-refractivity contribution < 1.29 is 17.6 Å². The fourth-order valence-electron chi connectivity index (χ4n) is 4.19. The molecule has 1 saturated heterocycles. The second-order valence-electron chi connectivity index (χ2n) is 7.54. The molecule has 0 bridgehead atoms. The van der Waals surface area contributed by atoms with E-state index in [2.05, 4.69) is 5.32 Å². The highest BCUT2D eigenvalue weighted by molar-refractivity contribution is 7.89. The van der Waals surface area contributed by atoms with Crippen LogP contribution in [0.2, 0.25) is 0 Å². The van der Waals surface area contributed by atoms with E-state index in [4.69, 9.17) is 0 Å². The molecular formula is C18H25FN2O3S. The number of rotatable bonds is 4. The number of hydrogen-bond donors (Lipinski definition) is 1. The minimum atomic E-state index is -3.73. The summed E-state index contributed by atoms with van der Waals surface area (Å²) in [5, 5.41) is 2.95. The molecule has 2 fully saturated rings. The Morgan fingerprint density at radius 3 is 2.40 bits per heavy atom. The third kappa shape index (κ3) is 3.44. The van der Waals surface area contributed by atoms with Crippen molar-refractivity contribution in [1.82, 2.24) is 9.62 Å². The minimum absolute atomic E-state index is 0.0220. The Bertz CT molecular complexity index is 740. The van der Waals surface area contributed by atoms with Gasteiger partial charge in [0.25, 0.3) is 0 Å². The zero-order valence-corrected chi connectivity index (χ0v) is 15.5. The van der Waals surface area contributed by atoms with E-state index in [1.165, 1.54) is 16.4 Å². The van der Waals surface area contributed by atoms with Crippen molar-refractivity contribution in [3.63, 3.8) is 0 Å². The maximum absolute atomic E-state index is 13.1. The normalized spacial score (nSPS) is 23.4. The molecule has 5 nitrogen and oxygen atoms in total. The smallest absolute Gasteiger partial charge is 0.243 e. The predicted octanol–water partition coefficient (Wildman–Crippen LogP) is 2.53. The SMILES string of the molecule is CC(C)NC(=O)C1CN(S(=O)(=O)c2ccc(F)cc2)CC12CCCC2. The third-order valence-corrected chi connectivity index (χ3v) is 7.24. The molecule has 138 valence electrons. The Labute approximate surface area is 148 Å². The molecule has 2 aliphatic rings. The van der Waals surface area contributed by atoms with Gasteiger partial charge in [-0.1, -0.05) is 12.8 Å². The van der Waals surface area contributed by atoms with Crippen LogP contribution in [0.15, 0.2) is 29.2 Å². The Morgan fingerprint density at radius 1 is 1.24 bits per heavy atom. The van der Waals surface area contributed by atoms with Crippen LogP contribution < -0.4 is 5.32 Å². The van der Waals surface area contributed by atoms with Gasteiger partial charge in [-0.2, -0.15) is 4.31 Å². The maximum atomic E-state index is 13.1. The lowest BCUT2D eigenvalue weighted by Crippen LogP contribution is -2.42. The van der Waals surface area contributed by atoms with Crippen molar-refractivity contribution in [1.29, 1.82) is 0 Å². The number of sulfonamides is 1. The van der Waals surface area contributed by atoms with Crippen LogP contribution in [0.5, 0.6) is 0 Å². The molecule has 0 radical (unpaired) electrons. The predicted molar refractivity (Wildman–Crippen MR) is 92.8 cm³/mol. The average molecular weight is 368 g/mol. The first-order valence-corrected chi connectivity index (χ1v) is 10.2. The zero-order valence-electron chi connectivity index (χ0n) is 14.7. The van der Waals surface area contributed by atoms with Crippen LogP contribution in [0.1, 0.15) is 39.5 Å². The van der Waals surface area contributed by atoms with Gasteiger partial charge in [-0.25, -0.2) is 12.8 Å². The molecule has 1 saturated carbocycles. The summed E-state index contributed by atoms with van der Waals surface area (Å²) in [4.78, 5) is 12.8. The number of benzene rings is 1. The summed E-state index contributed by atoms with van der Waals surface area (Å²) in [7, 11) is -3.73. The van der Waals surface area contributed by atoms with Crippen LogP contribution in [0.4, 0.5) is 4.39 Å². The minimum Gasteiger partial charge on any atom is -0.354 e. The lowest BCUT2D eigenvalue weighted by molar-refractivity contribution is -0.128. The molecule has 3 rings (SSSR count).